The molecule has 86 valence electrons. The number of nitrogens with one attached hydrogen (secondary N) is 2. The molecule has 4 nitrogen and oxygen atoms in total. The van der Waals surface area contributed by atoms with Crippen molar-refractivity contribution in [2.75, 3.05) is 26.2 Å². The highest BCUT2D eigenvalue weighted by molar-refractivity contribution is 5.72. The molecule has 0 spiro atoms. The lowest BCUT2D eigenvalue weighted by Gasteiger charge is -2.21. The number of fused-ring (bicyclic) bond motifs is 1. The van der Waals surface area contributed by atoms with Gasteiger partial charge in [-0.2, -0.15) is 0 Å². The zero-order chi connectivity index (χ0) is 10.7. The van der Waals surface area contributed by atoms with Crippen LogP contribution in [0.15, 0.2) is 0 Å². The molecule has 2 N–H and O–H groups in total. The lowest BCUT2D eigenvalue weighted by Crippen LogP contribution is -2.42. The molecule has 2 aliphatic heterocycles. The van der Waals surface area contributed by atoms with E-state index in [1.807, 2.05) is 0 Å². The van der Waals surface area contributed by atoms with Gasteiger partial charge in [-0.15, -0.1) is 0 Å². The topological polar surface area (TPSA) is 44.4 Å². The number of amides is 1. The molecule has 0 aromatic carbocycles. The largest absolute Gasteiger partial charge is 0.355 e. The molecule has 15 heavy (non-hydrogen) atoms. The SMILES string of the molecule is CC(=O)NCCNC1CCN2CCCC12. The van der Waals surface area contributed by atoms with Crippen LogP contribution in [0.5, 0.6) is 0 Å². The van der Waals surface area contributed by atoms with Crippen molar-refractivity contribution >= 4 is 5.91 Å². The minimum absolute atomic E-state index is 0.0608. The van der Waals surface area contributed by atoms with Crippen LogP contribution in [-0.4, -0.2) is 49.1 Å². The Bertz CT molecular complexity index is 232. The third-order valence-electron chi connectivity index (χ3n) is 3.51. The molecule has 2 heterocycles. The van der Waals surface area contributed by atoms with Crippen LogP contribution in [-0.2, 0) is 4.79 Å². The molecule has 0 aromatic heterocycles. The van der Waals surface area contributed by atoms with Crippen molar-refractivity contribution in [3.05, 3.63) is 0 Å². The van der Waals surface area contributed by atoms with Gasteiger partial charge >= 0.3 is 0 Å². The lowest BCUT2D eigenvalue weighted by atomic mass is 10.1. The molecular formula is C11H21N3O. The van der Waals surface area contributed by atoms with E-state index in [0.717, 1.165) is 19.1 Å². The van der Waals surface area contributed by atoms with Crippen molar-refractivity contribution in [1.82, 2.24) is 15.5 Å². The summed E-state index contributed by atoms with van der Waals surface area (Å²) in [6.45, 7) is 5.75. The van der Waals surface area contributed by atoms with Gasteiger partial charge in [-0.05, 0) is 25.8 Å². The van der Waals surface area contributed by atoms with E-state index in [9.17, 15) is 4.79 Å². The maximum absolute atomic E-state index is 10.7. The van der Waals surface area contributed by atoms with E-state index >= 15 is 0 Å². The highest BCUT2D eigenvalue weighted by Gasteiger charge is 2.36. The molecule has 1 amide bonds. The average molecular weight is 211 g/mol. The number of carbonyl (C=O) groups excluding carboxylic acids is 1. The molecule has 2 atom stereocenters. The van der Waals surface area contributed by atoms with Gasteiger partial charge < -0.3 is 10.6 Å². The minimum atomic E-state index is 0.0608. The third kappa shape index (κ3) is 2.69. The van der Waals surface area contributed by atoms with E-state index in [0.29, 0.717) is 6.04 Å². The first-order valence-corrected chi connectivity index (χ1v) is 5.99. The second kappa shape index (κ2) is 4.94. The molecule has 2 unspecified atom stereocenters. The van der Waals surface area contributed by atoms with Crippen molar-refractivity contribution in [2.45, 2.75) is 38.3 Å². The van der Waals surface area contributed by atoms with Gasteiger partial charge in [0.15, 0.2) is 0 Å². The first-order valence-electron chi connectivity index (χ1n) is 5.99. The smallest absolute Gasteiger partial charge is 0.216 e. The third-order valence-corrected chi connectivity index (χ3v) is 3.51. The summed E-state index contributed by atoms with van der Waals surface area (Å²) >= 11 is 0. The van der Waals surface area contributed by atoms with Crippen molar-refractivity contribution in [1.29, 1.82) is 0 Å². The van der Waals surface area contributed by atoms with Crippen molar-refractivity contribution in [2.24, 2.45) is 0 Å². The molecule has 0 aliphatic carbocycles. The van der Waals surface area contributed by atoms with Gasteiger partial charge in [0.25, 0.3) is 0 Å². The van der Waals surface area contributed by atoms with Gasteiger partial charge in [0.2, 0.25) is 5.91 Å². The summed E-state index contributed by atoms with van der Waals surface area (Å²) in [4.78, 5) is 13.3. The van der Waals surface area contributed by atoms with Crippen LogP contribution in [0.2, 0.25) is 0 Å². The Morgan fingerprint density at radius 1 is 1.33 bits per heavy atom. The van der Waals surface area contributed by atoms with E-state index in [1.165, 1.54) is 32.4 Å². The minimum Gasteiger partial charge on any atom is -0.355 e. The second-order valence-corrected chi connectivity index (χ2v) is 4.58. The Labute approximate surface area is 91.4 Å². The molecule has 2 rings (SSSR count). The number of hydrogen-bond acceptors (Lipinski definition) is 3. The quantitative estimate of drug-likeness (QED) is 0.641. The second-order valence-electron chi connectivity index (χ2n) is 4.58. The molecule has 2 fully saturated rings. The average Bonchev–Trinajstić information content (AvgIpc) is 2.74. The van der Waals surface area contributed by atoms with E-state index in [4.69, 9.17) is 0 Å². The Morgan fingerprint density at radius 3 is 3.00 bits per heavy atom. The predicted octanol–water partition coefficient (Wildman–Crippen LogP) is -0.0512. The summed E-state index contributed by atoms with van der Waals surface area (Å²) in [5.74, 6) is 0.0608. The maximum atomic E-state index is 10.7. The van der Waals surface area contributed by atoms with Gasteiger partial charge in [0, 0.05) is 38.6 Å². The summed E-state index contributed by atoms with van der Waals surface area (Å²) in [7, 11) is 0. The van der Waals surface area contributed by atoms with Crippen LogP contribution in [0.4, 0.5) is 0 Å². The summed E-state index contributed by atoms with van der Waals surface area (Å²) < 4.78 is 0. The predicted molar refractivity (Wildman–Crippen MR) is 59.7 cm³/mol. The van der Waals surface area contributed by atoms with Crippen LogP contribution in [0, 0.1) is 0 Å². The zero-order valence-electron chi connectivity index (χ0n) is 9.46. The highest BCUT2D eigenvalue weighted by atomic mass is 16.1. The van der Waals surface area contributed by atoms with Gasteiger partial charge in [-0.3, -0.25) is 9.69 Å². The van der Waals surface area contributed by atoms with Crippen LogP contribution < -0.4 is 10.6 Å². The van der Waals surface area contributed by atoms with Gasteiger partial charge in [0.1, 0.15) is 0 Å². The Morgan fingerprint density at radius 2 is 2.20 bits per heavy atom. The van der Waals surface area contributed by atoms with E-state index in [-0.39, 0.29) is 5.91 Å². The number of carbonyl (C=O) groups is 1. The van der Waals surface area contributed by atoms with E-state index < -0.39 is 0 Å². The molecule has 0 radical (unpaired) electrons. The van der Waals surface area contributed by atoms with Crippen LogP contribution in [0.1, 0.15) is 26.2 Å². The molecular weight excluding hydrogens is 190 g/mol. The fraction of sp³-hybridized carbons (Fsp3) is 0.909. The number of rotatable bonds is 4. The molecule has 0 saturated carbocycles. The maximum Gasteiger partial charge on any atom is 0.216 e. The lowest BCUT2D eigenvalue weighted by molar-refractivity contribution is -0.118. The number of nitrogens with zero attached hydrogens (tertiary/aromatic N) is 1. The van der Waals surface area contributed by atoms with Crippen molar-refractivity contribution in [3.63, 3.8) is 0 Å². The van der Waals surface area contributed by atoms with Gasteiger partial charge in [-0.25, -0.2) is 0 Å². The van der Waals surface area contributed by atoms with Gasteiger partial charge in [-0.1, -0.05) is 0 Å². The molecule has 4 heteroatoms. The number of hydrogen-bond donors (Lipinski definition) is 2. The molecule has 0 bridgehead atoms. The van der Waals surface area contributed by atoms with Crippen molar-refractivity contribution in [3.8, 4) is 0 Å². The Kier molecular flexibility index (Phi) is 3.59. The standard InChI is InChI=1S/C11H21N3O/c1-9(15)12-5-6-13-10-4-8-14-7-2-3-11(10)14/h10-11,13H,2-8H2,1H3,(H,12,15). The summed E-state index contributed by atoms with van der Waals surface area (Å²) in [5, 5.41) is 6.37. The first-order chi connectivity index (χ1) is 7.27. The fourth-order valence-electron chi connectivity index (χ4n) is 2.82. The first kappa shape index (κ1) is 10.9. The van der Waals surface area contributed by atoms with Crippen LogP contribution in [0.25, 0.3) is 0 Å². The molecule has 0 aromatic rings. The van der Waals surface area contributed by atoms with Crippen LogP contribution in [0.3, 0.4) is 0 Å². The van der Waals surface area contributed by atoms with E-state index in [2.05, 4.69) is 15.5 Å². The van der Waals surface area contributed by atoms with Gasteiger partial charge in [0.05, 0.1) is 0 Å². The molecule has 2 saturated heterocycles. The summed E-state index contributed by atoms with van der Waals surface area (Å²) in [6.07, 6.45) is 3.97. The highest BCUT2D eigenvalue weighted by Crippen LogP contribution is 2.27. The Hall–Kier alpha value is -0.610. The zero-order valence-corrected chi connectivity index (χ0v) is 9.46. The van der Waals surface area contributed by atoms with Crippen LogP contribution >= 0.6 is 0 Å². The fourth-order valence-corrected chi connectivity index (χ4v) is 2.82. The monoisotopic (exact) mass is 211 g/mol. The van der Waals surface area contributed by atoms with Crippen molar-refractivity contribution < 1.29 is 4.79 Å². The summed E-state index contributed by atoms with van der Waals surface area (Å²) in [6, 6.07) is 1.42. The summed E-state index contributed by atoms with van der Waals surface area (Å²) in [5.41, 5.74) is 0. The van der Waals surface area contributed by atoms with E-state index in [1.54, 1.807) is 6.92 Å². The Balaban J connectivity index is 1.65. The normalized spacial score (nSPS) is 30.5. The molecule has 2 aliphatic rings.